The average Bonchev–Trinajstić information content (AvgIpc) is 2.65. The number of methoxy groups -OCH3 is 1. The van der Waals surface area contributed by atoms with Crippen LogP contribution in [0.4, 0.5) is 0 Å². The first-order chi connectivity index (χ1) is 12.1. The van der Waals surface area contributed by atoms with E-state index in [1.54, 1.807) is 19.2 Å². The summed E-state index contributed by atoms with van der Waals surface area (Å²) in [5, 5.41) is 0. The van der Waals surface area contributed by atoms with Gasteiger partial charge in [0.2, 0.25) is 5.91 Å². The highest BCUT2D eigenvalue weighted by Crippen LogP contribution is 2.17. The molecule has 0 saturated heterocycles. The molecular weight excluding hydrogens is 320 g/mol. The average molecular weight is 342 g/mol. The number of hydrazine groups is 1. The Bertz CT molecular complexity index is 714. The van der Waals surface area contributed by atoms with Gasteiger partial charge in [-0.15, -0.1) is 0 Å². The molecular formula is C19H22N2O4. The maximum absolute atomic E-state index is 11.9. The second-order valence-corrected chi connectivity index (χ2v) is 5.37. The van der Waals surface area contributed by atoms with E-state index in [-0.39, 0.29) is 18.9 Å². The molecule has 0 radical (unpaired) electrons. The molecule has 0 heterocycles. The summed E-state index contributed by atoms with van der Waals surface area (Å²) in [5.74, 6) is 0.452. The van der Waals surface area contributed by atoms with Gasteiger partial charge in [0, 0.05) is 5.56 Å². The maximum atomic E-state index is 11.9. The van der Waals surface area contributed by atoms with Crippen LogP contribution in [0.3, 0.4) is 0 Å². The number of benzene rings is 2. The summed E-state index contributed by atoms with van der Waals surface area (Å²) >= 11 is 0. The molecule has 0 spiro atoms. The van der Waals surface area contributed by atoms with E-state index in [0.717, 1.165) is 12.0 Å². The number of rotatable bonds is 7. The largest absolute Gasteiger partial charge is 0.496 e. The normalized spacial score (nSPS) is 10.0. The quantitative estimate of drug-likeness (QED) is 0.755. The summed E-state index contributed by atoms with van der Waals surface area (Å²) in [6, 6.07) is 14.7. The molecule has 0 bridgehead atoms. The number of para-hydroxylation sites is 1. The lowest BCUT2D eigenvalue weighted by molar-refractivity contribution is -0.129. The lowest BCUT2D eigenvalue weighted by Crippen LogP contribution is -2.44. The van der Waals surface area contributed by atoms with Crippen LogP contribution in [-0.4, -0.2) is 25.5 Å². The fourth-order valence-electron chi connectivity index (χ4n) is 2.21. The van der Waals surface area contributed by atoms with Gasteiger partial charge in [0.1, 0.15) is 11.5 Å². The van der Waals surface area contributed by atoms with Gasteiger partial charge in [-0.1, -0.05) is 37.3 Å². The molecule has 132 valence electrons. The topological polar surface area (TPSA) is 76.7 Å². The van der Waals surface area contributed by atoms with E-state index >= 15 is 0 Å². The molecule has 2 N–H and O–H groups in total. The minimum Gasteiger partial charge on any atom is -0.496 e. The van der Waals surface area contributed by atoms with Crippen molar-refractivity contribution in [3.8, 4) is 11.5 Å². The van der Waals surface area contributed by atoms with E-state index in [9.17, 15) is 9.59 Å². The monoisotopic (exact) mass is 342 g/mol. The van der Waals surface area contributed by atoms with Crippen LogP contribution in [0, 0.1) is 0 Å². The molecule has 0 aromatic heterocycles. The summed E-state index contributed by atoms with van der Waals surface area (Å²) in [6.45, 7) is 1.89. The lowest BCUT2D eigenvalue weighted by atomic mass is 10.1. The maximum Gasteiger partial charge on any atom is 0.276 e. The molecule has 0 aliphatic heterocycles. The zero-order valence-electron chi connectivity index (χ0n) is 14.4. The number of amides is 2. The minimum atomic E-state index is -0.437. The molecule has 2 rings (SSSR count). The van der Waals surface area contributed by atoms with Gasteiger partial charge >= 0.3 is 0 Å². The Kier molecular flexibility index (Phi) is 6.83. The first-order valence-electron chi connectivity index (χ1n) is 8.03. The molecule has 0 aliphatic carbocycles. The van der Waals surface area contributed by atoms with Gasteiger partial charge in [-0.2, -0.15) is 0 Å². The van der Waals surface area contributed by atoms with E-state index in [2.05, 4.69) is 17.8 Å². The van der Waals surface area contributed by atoms with E-state index in [0.29, 0.717) is 11.5 Å². The van der Waals surface area contributed by atoms with Crippen molar-refractivity contribution < 1.29 is 19.1 Å². The Morgan fingerprint density at radius 1 is 0.960 bits per heavy atom. The van der Waals surface area contributed by atoms with Crippen LogP contribution in [0.5, 0.6) is 11.5 Å². The van der Waals surface area contributed by atoms with Crippen molar-refractivity contribution >= 4 is 11.8 Å². The molecule has 25 heavy (non-hydrogen) atoms. The van der Waals surface area contributed by atoms with Crippen molar-refractivity contribution in [2.24, 2.45) is 0 Å². The highest BCUT2D eigenvalue weighted by Gasteiger charge is 2.09. The van der Waals surface area contributed by atoms with E-state index < -0.39 is 5.91 Å². The second kappa shape index (κ2) is 9.32. The summed E-state index contributed by atoms with van der Waals surface area (Å²) in [4.78, 5) is 23.7. The van der Waals surface area contributed by atoms with E-state index in [1.165, 1.54) is 5.56 Å². The van der Waals surface area contributed by atoms with Crippen molar-refractivity contribution in [1.29, 1.82) is 0 Å². The SMILES string of the molecule is CCc1ccc(OCC(=O)NNC(=O)Cc2ccccc2OC)cc1. The summed E-state index contributed by atoms with van der Waals surface area (Å²) in [5.41, 5.74) is 6.63. The molecule has 0 fully saturated rings. The van der Waals surface area contributed by atoms with Crippen LogP contribution in [0.15, 0.2) is 48.5 Å². The molecule has 6 nitrogen and oxygen atoms in total. The van der Waals surface area contributed by atoms with Gasteiger partial charge in [-0.3, -0.25) is 20.4 Å². The Balaban J connectivity index is 1.74. The summed E-state index contributed by atoms with van der Waals surface area (Å²) < 4.78 is 10.6. The number of hydrogen-bond donors (Lipinski definition) is 2. The molecule has 0 saturated carbocycles. The number of ether oxygens (including phenoxy) is 2. The number of carbonyl (C=O) groups excluding carboxylic acids is 2. The second-order valence-electron chi connectivity index (χ2n) is 5.37. The van der Waals surface area contributed by atoms with Crippen molar-refractivity contribution in [1.82, 2.24) is 10.9 Å². The predicted molar refractivity (Wildman–Crippen MR) is 94.3 cm³/mol. The van der Waals surface area contributed by atoms with Crippen molar-refractivity contribution in [2.75, 3.05) is 13.7 Å². The Hall–Kier alpha value is -3.02. The third kappa shape index (κ3) is 5.84. The standard InChI is InChI=1S/C19H22N2O4/c1-3-14-8-10-16(11-9-14)25-13-19(23)21-20-18(22)12-15-6-4-5-7-17(15)24-2/h4-11H,3,12-13H2,1-2H3,(H,20,22)(H,21,23). The van der Waals surface area contributed by atoms with Crippen LogP contribution < -0.4 is 20.3 Å². The van der Waals surface area contributed by atoms with Gasteiger partial charge < -0.3 is 9.47 Å². The molecule has 2 aromatic carbocycles. The third-order valence-electron chi connectivity index (χ3n) is 3.59. The molecule has 2 aromatic rings. The number of carbonyl (C=O) groups is 2. The fourth-order valence-corrected chi connectivity index (χ4v) is 2.21. The Labute approximate surface area is 147 Å². The summed E-state index contributed by atoms with van der Waals surface area (Å²) in [6.07, 6.45) is 1.04. The van der Waals surface area contributed by atoms with Gasteiger partial charge in [-0.25, -0.2) is 0 Å². The molecule has 0 atom stereocenters. The Morgan fingerprint density at radius 2 is 1.64 bits per heavy atom. The molecule has 6 heteroatoms. The first-order valence-corrected chi connectivity index (χ1v) is 8.03. The van der Waals surface area contributed by atoms with Gasteiger partial charge in [0.25, 0.3) is 5.91 Å². The fraction of sp³-hybridized carbons (Fsp3) is 0.263. The van der Waals surface area contributed by atoms with Gasteiger partial charge in [-0.05, 0) is 30.2 Å². The first kappa shape index (κ1) is 18.3. The van der Waals surface area contributed by atoms with Crippen LogP contribution >= 0.6 is 0 Å². The van der Waals surface area contributed by atoms with Crippen molar-refractivity contribution in [2.45, 2.75) is 19.8 Å². The smallest absolute Gasteiger partial charge is 0.276 e. The van der Waals surface area contributed by atoms with Crippen LogP contribution in [0.1, 0.15) is 18.1 Å². The van der Waals surface area contributed by atoms with Gasteiger partial charge in [0.15, 0.2) is 6.61 Å². The van der Waals surface area contributed by atoms with Crippen LogP contribution in [-0.2, 0) is 22.4 Å². The third-order valence-corrected chi connectivity index (χ3v) is 3.59. The predicted octanol–water partition coefficient (Wildman–Crippen LogP) is 2.03. The lowest BCUT2D eigenvalue weighted by Gasteiger charge is -2.10. The zero-order valence-corrected chi connectivity index (χ0v) is 14.4. The van der Waals surface area contributed by atoms with E-state index in [4.69, 9.17) is 9.47 Å². The molecule has 0 unspecified atom stereocenters. The summed E-state index contributed by atoms with van der Waals surface area (Å²) in [7, 11) is 1.54. The van der Waals surface area contributed by atoms with Gasteiger partial charge in [0.05, 0.1) is 13.5 Å². The van der Waals surface area contributed by atoms with Crippen molar-refractivity contribution in [3.05, 3.63) is 59.7 Å². The number of hydrogen-bond acceptors (Lipinski definition) is 4. The molecule has 2 amide bonds. The number of aryl methyl sites for hydroxylation is 1. The number of nitrogens with one attached hydrogen (secondary N) is 2. The van der Waals surface area contributed by atoms with Crippen molar-refractivity contribution in [3.63, 3.8) is 0 Å². The van der Waals surface area contributed by atoms with Crippen LogP contribution in [0.25, 0.3) is 0 Å². The minimum absolute atomic E-state index is 0.101. The molecule has 0 aliphatic rings. The Morgan fingerprint density at radius 3 is 2.32 bits per heavy atom. The highest BCUT2D eigenvalue weighted by molar-refractivity contribution is 5.84. The van der Waals surface area contributed by atoms with E-state index in [1.807, 2.05) is 36.4 Å². The van der Waals surface area contributed by atoms with Crippen LogP contribution in [0.2, 0.25) is 0 Å². The zero-order chi connectivity index (χ0) is 18.1. The highest BCUT2D eigenvalue weighted by atomic mass is 16.5.